The molecule has 0 radical (unpaired) electrons. The fourth-order valence-corrected chi connectivity index (χ4v) is 2.32. The number of nitrogens with zero attached hydrogens (tertiary/aromatic N) is 4. The molecular formula is C13H16ClN5O2. The zero-order valence-electron chi connectivity index (χ0n) is 12.2. The molecule has 0 saturated heterocycles. The van der Waals surface area contributed by atoms with E-state index in [1.54, 1.807) is 6.92 Å². The van der Waals surface area contributed by atoms with Gasteiger partial charge in [0.05, 0.1) is 16.3 Å². The van der Waals surface area contributed by atoms with Crippen molar-refractivity contribution in [2.45, 2.75) is 38.9 Å². The minimum atomic E-state index is -1.98. The maximum Gasteiger partial charge on any atom is 0.386 e. The first-order valence-electron chi connectivity index (χ1n) is 6.42. The van der Waals surface area contributed by atoms with Crippen LogP contribution >= 0.6 is 11.6 Å². The normalized spacial score (nSPS) is 24.6. The van der Waals surface area contributed by atoms with Gasteiger partial charge in [0, 0.05) is 5.69 Å². The summed E-state index contributed by atoms with van der Waals surface area (Å²) in [6, 6.07) is 1.89. The summed E-state index contributed by atoms with van der Waals surface area (Å²) in [5.74, 6) is 0.0496. The van der Waals surface area contributed by atoms with E-state index in [-0.39, 0.29) is 5.84 Å². The third kappa shape index (κ3) is 2.87. The van der Waals surface area contributed by atoms with E-state index in [2.05, 4.69) is 20.3 Å². The second kappa shape index (κ2) is 5.40. The number of nitrogens with one attached hydrogen (secondary N) is 1. The fraction of sp³-hybridized carbons (Fsp3) is 0.462. The van der Waals surface area contributed by atoms with Gasteiger partial charge in [-0.1, -0.05) is 0 Å². The summed E-state index contributed by atoms with van der Waals surface area (Å²) >= 11 is 6.07. The molecule has 0 aromatic carbocycles. The minimum absolute atomic E-state index is 0.0496. The lowest BCUT2D eigenvalue weighted by Crippen LogP contribution is -2.49. The van der Waals surface area contributed by atoms with Crippen LogP contribution in [0.25, 0.3) is 0 Å². The number of hydrogen-bond donors (Lipinski definition) is 1. The Balaban J connectivity index is 2.44. The standard InChI is InChI=1S/C13H16ClN5O2/c1-7-5-8(2)16-9(3)11(7)18-12-13(14,19(20)21)6-15-10(4)17-12/h5-6,10H,1-4H3,(H,17,18). The van der Waals surface area contributed by atoms with Gasteiger partial charge in [-0.3, -0.25) is 20.1 Å². The van der Waals surface area contributed by atoms with Gasteiger partial charge < -0.3 is 5.32 Å². The molecule has 2 heterocycles. The maximum absolute atomic E-state index is 11.3. The summed E-state index contributed by atoms with van der Waals surface area (Å²) in [4.78, 5) is 21.1. The number of nitro groups is 1. The van der Waals surface area contributed by atoms with Crippen LogP contribution in [0.4, 0.5) is 5.69 Å². The highest BCUT2D eigenvalue weighted by molar-refractivity contribution is 6.45. The van der Waals surface area contributed by atoms with Crippen LogP contribution in [0.15, 0.2) is 16.1 Å². The third-order valence-corrected chi connectivity index (χ3v) is 3.56. The van der Waals surface area contributed by atoms with E-state index in [1.807, 2.05) is 26.8 Å². The molecular weight excluding hydrogens is 294 g/mol. The maximum atomic E-state index is 11.3. The van der Waals surface area contributed by atoms with Gasteiger partial charge in [0.2, 0.25) is 5.84 Å². The minimum Gasteiger partial charge on any atom is -0.335 e. The van der Waals surface area contributed by atoms with Crippen molar-refractivity contribution in [1.29, 1.82) is 0 Å². The number of hydrogen-bond acceptors (Lipinski definition) is 6. The number of alkyl halides is 1. The average Bonchev–Trinajstić information content (AvgIpc) is 2.37. The van der Waals surface area contributed by atoms with Crippen LogP contribution in [0, 0.1) is 30.9 Å². The molecule has 0 saturated carbocycles. The lowest BCUT2D eigenvalue weighted by atomic mass is 10.1. The molecule has 2 unspecified atom stereocenters. The van der Waals surface area contributed by atoms with Crippen LogP contribution < -0.4 is 5.32 Å². The summed E-state index contributed by atoms with van der Waals surface area (Å²) in [7, 11) is 0. The van der Waals surface area contributed by atoms with Gasteiger partial charge in [0.25, 0.3) is 0 Å². The quantitative estimate of drug-likeness (QED) is 0.393. The van der Waals surface area contributed by atoms with Crippen molar-refractivity contribution in [1.82, 2.24) is 4.98 Å². The van der Waals surface area contributed by atoms with E-state index in [4.69, 9.17) is 11.6 Å². The van der Waals surface area contributed by atoms with Crippen molar-refractivity contribution in [3.05, 3.63) is 33.1 Å². The first kappa shape index (κ1) is 15.4. The van der Waals surface area contributed by atoms with Crippen molar-refractivity contribution in [2.75, 3.05) is 5.32 Å². The molecule has 0 amide bonds. The van der Waals surface area contributed by atoms with Crippen LogP contribution in [-0.4, -0.2) is 33.1 Å². The number of rotatable bonds is 2. The van der Waals surface area contributed by atoms with Gasteiger partial charge in [-0.05, 0) is 50.9 Å². The molecule has 0 spiro atoms. The smallest absolute Gasteiger partial charge is 0.335 e. The molecule has 2 rings (SSSR count). The molecule has 1 aromatic rings. The summed E-state index contributed by atoms with van der Waals surface area (Å²) in [6.45, 7) is 7.33. The van der Waals surface area contributed by atoms with Crippen LogP contribution in [-0.2, 0) is 0 Å². The van der Waals surface area contributed by atoms with E-state index >= 15 is 0 Å². The Morgan fingerprint density at radius 3 is 2.67 bits per heavy atom. The molecule has 21 heavy (non-hydrogen) atoms. The second-order valence-electron chi connectivity index (χ2n) is 4.98. The van der Waals surface area contributed by atoms with Crippen molar-refractivity contribution < 1.29 is 4.92 Å². The van der Waals surface area contributed by atoms with Crippen LogP contribution in [0.2, 0.25) is 0 Å². The molecule has 2 atom stereocenters. The third-order valence-electron chi connectivity index (χ3n) is 3.14. The van der Waals surface area contributed by atoms with E-state index < -0.39 is 16.1 Å². The zero-order valence-corrected chi connectivity index (χ0v) is 13.0. The first-order chi connectivity index (χ1) is 9.74. The summed E-state index contributed by atoms with van der Waals surface area (Å²) in [6.07, 6.45) is 0.694. The van der Waals surface area contributed by atoms with Crippen LogP contribution in [0.3, 0.4) is 0 Å². The van der Waals surface area contributed by atoms with Crippen LogP contribution in [0.5, 0.6) is 0 Å². The highest BCUT2D eigenvalue weighted by Crippen LogP contribution is 2.26. The van der Waals surface area contributed by atoms with Gasteiger partial charge in [0.1, 0.15) is 12.4 Å². The molecule has 1 aliphatic heterocycles. The Bertz CT molecular complexity index is 635. The van der Waals surface area contributed by atoms with E-state index in [1.165, 1.54) is 0 Å². The van der Waals surface area contributed by atoms with Crippen LogP contribution in [0.1, 0.15) is 23.9 Å². The Kier molecular flexibility index (Phi) is 3.95. The van der Waals surface area contributed by atoms with Gasteiger partial charge in [-0.25, -0.2) is 4.99 Å². The SMILES string of the molecule is Cc1cc(C)c(NC2=NC(C)N=CC2(Cl)[N+](=O)[O-])c(C)n1. The summed E-state index contributed by atoms with van der Waals surface area (Å²) < 4.78 is 0. The number of halogens is 1. The van der Waals surface area contributed by atoms with Gasteiger partial charge in [-0.15, -0.1) is 0 Å². The van der Waals surface area contributed by atoms with E-state index in [0.29, 0.717) is 5.69 Å². The van der Waals surface area contributed by atoms with Crippen molar-refractivity contribution in [3.63, 3.8) is 0 Å². The largest absolute Gasteiger partial charge is 0.386 e. The lowest BCUT2D eigenvalue weighted by molar-refractivity contribution is -0.500. The molecule has 0 fully saturated rings. The number of amidine groups is 1. The molecule has 1 aromatic heterocycles. The Morgan fingerprint density at radius 2 is 2.10 bits per heavy atom. The molecule has 1 N–H and O–H groups in total. The Hall–Kier alpha value is -2.02. The fourth-order valence-electron chi connectivity index (χ4n) is 2.16. The Morgan fingerprint density at radius 1 is 1.43 bits per heavy atom. The van der Waals surface area contributed by atoms with Crippen molar-refractivity contribution >= 4 is 29.3 Å². The lowest BCUT2D eigenvalue weighted by Gasteiger charge is -2.23. The van der Waals surface area contributed by atoms with Gasteiger partial charge >= 0.3 is 5.00 Å². The molecule has 1 aliphatic rings. The van der Waals surface area contributed by atoms with Crippen molar-refractivity contribution in [3.8, 4) is 0 Å². The molecule has 0 bridgehead atoms. The molecule has 0 aliphatic carbocycles. The van der Waals surface area contributed by atoms with Crippen molar-refractivity contribution in [2.24, 2.45) is 9.98 Å². The predicted octanol–water partition coefficient (Wildman–Crippen LogP) is 2.46. The highest BCUT2D eigenvalue weighted by Gasteiger charge is 2.48. The molecule has 8 heteroatoms. The molecule has 112 valence electrons. The number of pyridine rings is 1. The second-order valence-corrected chi connectivity index (χ2v) is 5.56. The Labute approximate surface area is 127 Å². The number of aryl methyl sites for hydroxylation is 3. The van der Waals surface area contributed by atoms with E-state index in [9.17, 15) is 10.1 Å². The summed E-state index contributed by atoms with van der Waals surface area (Å²) in [5.41, 5.74) is 3.20. The summed E-state index contributed by atoms with van der Waals surface area (Å²) in [5, 5.41) is 14.2. The molecule has 7 nitrogen and oxygen atoms in total. The first-order valence-corrected chi connectivity index (χ1v) is 6.79. The number of aliphatic imine (C=N–C) groups is 2. The zero-order chi connectivity index (χ0) is 15.8. The van der Waals surface area contributed by atoms with E-state index in [0.717, 1.165) is 23.2 Å². The highest BCUT2D eigenvalue weighted by atomic mass is 35.5. The number of anilines is 1. The van der Waals surface area contributed by atoms with Gasteiger partial charge in [0.15, 0.2) is 0 Å². The predicted molar refractivity (Wildman–Crippen MR) is 83.0 cm³/mol. The topological polar surface area (TPSA) is 92.8 Å². The number of aromatic nitrogens is 1. The van der Waals surface area contributed by atoms with Gasteiger partial charge in [-0.2, -0.15) is 0 Å². The average molecular weight is 310 g/mol. The monoisotopic (exact) mass is 309 g/mol.